The molecule has 0 radical (unpaired) electrons. The second-order valence-electron chi connectivity index (χ2n) is 8.10. The van der Waals surface area contributed by atoms with Crippen LogP contribution in [0.15, 0.2) is 51.6 Å². The molecule has 1 aliphatic heterocycles. The molecule has 1 aromatic heterocycles. The Morgan fingerprint density at radius 2 is 1.89 bits per heavy atom. The van der Waals surface area contributed by atoms with Crippen molar-refractivity contribution < 1.29 is 18.8 Å². The number of rotatable bonds is 5. The molecule has 0 aliphatic carbocycles. The molecule has 0 spiro atoms. The molecule has 0 bridgehead atoms. The van der Waals surface area contributed by atoms with Gasteiger partial charge in [0.25, 0.3) is 5.91 Å². The van der Waals surface area contributed by atoms with E-state index in [1.165, 1.54) is 11.2 Å². The predicted octanol–water partition coefficient (Wildman–Crippen LogP) is 4.14. The zero-order valence-corrected chi connectivity index (χ0v) is 17.7. The lowest BCUT2D eigenvalue weighted by Crippen LogP contribution is -2.45. The Kier molecular flexibility index (Phi) is 5.74. The van der Waals surface area contributed by atoms with Crippen LogP contribution in [0.2, 0.25) is 0 Å². The minimum Gasteiger partial charge on any atom is -0.467 e. The van der Waals surface area contributed by atoms with Gasteiger partial charge in [0, 0.05) is 10.9 Å². The van der Waals surface area contributed by atoms with Crippen molar-refractivity contribution in [2.45, 2.75) is 46.2 Å². The van der Waals surface area contributed by atoms with Crippen LogP contribution in [0.1, 0.15) is 39.4 Å². The molecular formula is C21H23BrN2O4. The van der Waals surface area contributed by atoms with Crippen molar-refractivity contribution in [2.24, 2.45) is 5.41 Å². The summed E-state index contributed by atoms with van der Waals surface area (Å²) in [4.78, 5) is 41.4. The molecule has 28 heavy (non-hydrogen) atoms. The summed E-state index contributed by atoms with van der Waals surface area (Å²) in [5.41, 5.74) is 0.261. The highest BCUT2D eigenvalue weighted by Crippen LogP contribution is 2.30. The number of hydrogen-bond donors (Lipinski definition) is 0. The van der Waals surface area contributed by atoms with E-state index in [4.69, 9.17) is 4.42 Å². The summed E-state index contributed by atoms with van der Waals surface area (Å²) in [6.07, 6.45) is 1.76. The fourth-order valence-electron chi connectivity index (χ4n) is 3.22. The summed E-state index contributed by atoms with van der Waals surface area (Å²) < 4.78 is 6.24. The van der Waals surface area contributed by atoms with Gasteiger partial charge in [-0.25, -0.2) is 4.90 Å². The SMILES string of the molecule is CC(C)(C)CC(=O)N(Cc1ccco1)C1CC(=O)N(c2ccc(Br)cc2)C1=O. The van der Waals surface area contributed by atoms with E-state index in [1.54, 1.807) is 36.4 Å². The number of carbonyl (C=O) groups excluding carboxylic acids is 3. The standard InChI is InChI=1S/C21H23BrN2O4/c1-21(2,3)12-19(26)23(13-16-5-4-10-28-16)17-11-18(25)24(20(17)27)15-8-6-14(22)7-9-15/h4-10,17H,11-13H2,1-3H3. The summed E-state index contributed by atoms with van der Waals surface area (Å²) in [6.45, 7) is 6.04. The van der Waals surface area contributed by atoms with Crippen LogP contribution < -0.4 is 4.90 Å². The van der Waals surface area contributed by atoms with Crippen LogP contribution in [0.4, 0.5) is 5.69 Å². The number of carbonyl (C=O) groups is 3. The molecule has 0 saturated carbocycles. The molecule has 1 fully saturated rings. The van der Waals surface area contributed by atoms with E-state index in [-0.39, 0.29) is 42.5 Å². The van der Waals surface area contributed by atoms with Crippen LogP contribution >= 0.6 is 15.9 Å². The van der Waals surface area contributed by atoms with Crippen molar-refractivity contribution in [2.75, 3.05) is 4.90 Å². The number of benzene rings is 1. The Hall–Kier alpha value is -2.41. The van der Waals surface area contributed by atoms with Crippen molar-refractivity contribution in [3.8, 4) is 0 Å². The molecule has 7 heteroatoms. The smallest absolute Gasteiger partial charge is 0.257 e. The van der Waals surface area contributed by atoms with Crippen LogP contribution in [0, 0.1) is 5.41 Å². The van der Waals surface area contributed by atoms with Crippen LogP contribution in [0.5, 0.6) is 0 Å². The van der Waals surface area contributed by atoms with Crippen molar-refractivity contribution in [1.82, 2.24) is 4.90 Å². The minimum absolute atomic E-state index is 0.0362. The number of furan rings is 1. The normalized spacial score (nSPS) is 17.3. The Bertz CT molecular complexity index is 869. The Balaban J connectivity index is 1.88. The second kappa shape index (κ2) is 7.91. The summed E-state index contributed by atoms with van der Waals surface area (Å²) in [5.74, 6) is -0.302. The van der Waals surface area contributed by atoms with Gasteiger partial charge in [0.2, 0.25) is 11.8 Å². The lowest BCUT2D eigenvalue weighted by Gasteiger charge is -2.29. The maximum absolute atomic E-state index is 13.1. The molecule has 2 aromatic rings. The second-order valence-corrected chi connectivity index (χ2v) is 9.02. The molecule has 0 N–H and O–H groups in total. The number of imide groups is 1. The van der Waals surface area contributed by atoms with E-state index < -0.39 is 6.04 Å². The van der Waals surface area contributed by atoms with Crippen molar-refractivity contribution in [3.63, 3.8) is 0 Å². The summed E-state index contributed by atoms with van der Waals surface area (Å²) in [7, 11) is 0. The van der Waals surface area contributed by atoms with Crippen LogP contribution in [0.3, 0.4) is 0 Å². The van der Waals surface area contributed by atoms with Gasteiger partial charge >= 0.3 is 0 Å². The molecule has 3 amide bonds. The zero-order valence-electron chi connectivity index (χ0n) is 16.1. The third-order valence-electron chi connectivity index (χ3n) is 4.49. The van der Waals surface area contributed by atoms with Gasteiger partial charge in [-0.3, -0.25) is 14.4 Å². The molecule has 2 heterocycles. The van der Waals surface area contributed by atoms with Crippen molar-refractivity contribution >= 4 is 39.3 Å². The highest BCUT2D eigenvalue weighted by Gasteiger charge is 2.44. The largest absolute Gasteiger partial charge is 0.467 e. The number of nitrogens with zero attached hydrogens (tertiary/aromatic N) is 2. The van der Waals surface area contributed by atoms with Gasteiger partial charge in [0.05, 0.1) is 24.9 Å². The maximum Gasteiger partial charge on any atom is 0.257 e. The van der Waals surface area contributed by atoms with Crippen LogP contribution in [-0.2, 0) is 20.9 Å². The van der Waals surface area contributed by atoms with Gasteiger partial charge in [-0.2, -0.15) is 0 Å². The number of halogens is 1. The first kappa shape index (κ1) is 20.3. The first-order valence-electron chi connectivity index (χ1n) is 9.10. The third kappa shape index (κ3) is 4.52. The maximum atomic E-state index is 13.1. The van der Waals surface area contributed by atoms with Crippen molar-refractivity contribution in [3.05, 3.63) is 52.9 Å². The Morgan fingerprint density at radius 3 is 2.46 bits per heavy atom. The van der Waals surface area contributed by atoms with E-state index >= 15 is 0 Å². The van der Waals surface area contributed by atoms with Gasteiger partial charge in [0.15, 0.2) is 0 Å². The monoisotopic (exact) mass is 446 g/mol. The molecule has 1 unspecified atom stereocenters. The number of anilines is 1. The fourth-order valence-corrected chi connectivity index (χ4v) is 3.48. The fraction of sp³-hybridized carbons (Fsp3) is 0.381. The molecule has 3 rings (SSSR count). The van der Waals surface area contributed by atoms with E-state index in [0.717, 1.165) is 9.37 Å². The Morgan fingerprint density at radius 1 is 1.21 bits per heavy atom. The lowest BCUT2D eigenvalue weighted by molar-refractivity contribution is -0.140. The number of amides is 3. The average molecular weight is 447 g/mol. The van der Waals surface area contributed by atoms with Gasteiger partial charge in [-0.05, 0) is 41.8 Å². The molecule has 1 aromatic carbocycles. The van der Waals surface area contributed by atoms with Gasteiger partial charge in [-0.15, -0.1) is 0 Å². The highest BCUT2D eigenvalue weighted by atomic mass is 79.9. The highest BCUT2D eigenvalue weighted by molar-refractivity contribution is 9.10. The number of hydrogen-bond acceptors (Lipinski definition) is 4. The molecule has 1 atom stereocenters. The minimum atomic E-state index is -0.837. The molecule has 1 aliphatic rings. The van der Waals surface area contributed by atoms with Gasteiger partial charge in [0.1, 0.15) is 11.8 Å². The third-order valence-corrected chi connectivity index (χ3v) is 5.02. The molecule has 6 nitrogen and oxygen atoms in total. The molecular weight excluding hydrogens is 424 g/mol. The predicted molar refractivity (Wildman–Crippen MR) is 108 cm³/mol. The first-order valence-corrected chi connectivity index (χ1v) is 9.89. The topological polar surface area (TPSA) is 70.8 Å². The van der Waals surface area contributed by atoms with Crippen LogP contribution in [0.25, 0.3) is 0 Å². The summed E-state index contributed by atoms with van der Waals surface area (Å²) >= 11 is 3.35. The first-order chi connectivity index (χ1) is 13.2. The Labute approximate surface area is 172 Å². The quantitative estimate of drug-likeness (QED) is 0.646. The van der Waals surface area contributed by atoms with E-state index in [1.807, 2.05) is 20.8 Å². The van der Waals surface area contributed by atoms with Gasteiger partial charge in [-0.1, -0.05) is 36.7 Å². The van der Waals surface area contributed by atoms with Crippen LogP contribution in [-0.4, -0.2) is 28.7 Å². The van der Waals surface area contributed by atoms with Gasteiger partial charge < -0.3 is 9.32 Å². The summed E-state index contributed by atoms with van der Waals surface area (Å²) in [6, 6.07) is 9.61. The van der Waals surface area contributed by atoms with E-state index in [2.05, 4.69) is 15.9 Å². The molecule has 148 valence electrons. The average Bonchev–Trinajstić information content (AvgIpc) is 3.20. The van der Waals surface area contributed by atoms with E-state index in [0.29, 0.717) is 11.4 Å². The van der Waals surface area contributed by atoms with Crippen molar-refractivity contribution in [1.29, 1.82) is 0 Å². The zero-order chi connectivity index (χ0) is 20.5. The lowest BCUT2D eigenvalue weighted by atomic mass is 9.91. The summed E-state index contributed by atoms with van der Waals surface area (Å²) in [5, 5.41) is 0. The molecule has 1 saturated heterocycles. The van der Waals surface area contributed by atoms with E-state index in [9.17, 15) is 14.4 Å².